The lowest BCUT2D eigenvalue weighted by Crippen LogP contribution is -2.42. The number of nitrogens with one attached hydrogen (secondary N) is 1. The highest BCUT2D eigenvalue weighted by molar-refractivity contribution is 5.81. The lowest BCUT2D eigenvalue weighted by molar-refractivity contribution is -0.131. The molecule has 2 atom stereocenters. The predicted molar refractivity (Wildman–Crippen MR) is 83.3 cm³/mol. The number of hydrogen-bond acceptors (Lipinski definition) is 2. The Balaban J connectivity index is 3.89. The number of carbonyl (C=O) groups excluding carboxylic acids is 1. The maximum Gasteiger partial charge on any atom is 0.239 e. The third-order valence-electron chi connectivity index (χ3n) is 4.10. The first-order valence-electron chi connectivity index (χ1n) is 7.98. The molecular formula is C16H34N2O. The van der Waals surface area contributed by atoms with Gasteiger partial charge in [0.05, 0.1) is 6.04 Å². The largest absolute Gasteiger partial charge is 0.344 e. The molecule has 114 valence electrons. The lowest BCUT2D eigenvalue weighted by atomic mass is 9.95. The van der Waals surface area contributed by atoms with Gasteiger partial charge in [-0.25, -0.2) is 0 Å². The Labute approximate surface area is 120 Å². The molecule has 0 aromatic heterocycles. The van der Waals surface area contributed by atoms with E-state index in [1.54, 1.807) is 0 Å². The van der Waals surface area contributed by atoms with Gasteiger partial charge >= 0.3 is 0 Å². The molecule has 0 aliphatic carbocycles. The number of carbonyl (C=O) groups is 1. The molecule has 19 heavy (non-hydrogen) atoms. The van der Waals surface area contributed by atoms with Crippen LogP contribution in [0.4, 0.5) is 0 Å². The van der Waals surface area contributed by atoms with Crippen molar-refractivity contribution in [3.05, 3.63) is 0 Å². The van der Waals surface area contributed by atoms with Crippen LogP contribution in [0.3, 0.4) is 0 Å². The van der Waals surface area contributed by atoms with Crippen molar-refractivity contribution >= 4 is 5.91 Å². The van der Waals surface area contributed by atoms with Crippen LogP contribution in [-0.2, 0) is 4.79 Å². The van der Waals surface area contributed by atoms with Gasteiger partial charge in [0.25, 0.3) is 0 Å². The number of hydrogen-bond donors (Lipinski definition) is 1. The SMILES string of the molecule is CCCCCC[C@@H](CC)CCN(C)C(=O)[C@H](C)NC. The maximum atomic E-state index is 11.9. The minimum absolute atomic E-state index is 0.0744. The quantitative estimate of drug-likeness (QED) is 0.583. The fraction of sp³-hybridized carbons (Fsp3) is 0.938. The first-order chi connectivity index (χ1) is 9.06. The zero-order valence-electron chi connectivity index (χ0n) is 13.7. The second kappa shape index (κ2) is 11.3. The Bertz CT molecular complexity index is 231. The van der Waals surface area contributed by atoms with Crippen molar-refractivity contribution in [1.82, 2.24) is 10.2 Å². The molecule has 0 saturated heterocycles. The van der Waals surface area contributed by atoms with Crippen molar-refractivity contribution in [3.63, 3.8) is 0 Å². The molecule has 3 heteroatoms. The Hall–Kier alpha value is -0.570. The Morgan fingerprint density at radius 2 is 1.84 bits per heavy atom. The summed E-state index contributed by atoms with van der Waals surface area (Å²) in [5.41, 5.74) is 0. The number of nitrogens with zero attached hydrogens (tertiary/aromatic N) is 1. The Morgan fingerprint density at radius 1 is 1.16 bits per heavy atom. The van der Waals surface area contributed by atoms with Gasteiger partial charge in [0.2, 0.25) is 5.91 Å². The average molecular weight is 270 g/mol. The van der Waals surface area contributed by atoms with Gasteiger partial charge in [-0.05, 0) is 26.3 Å². The van der Waals surface area contributed by atoms with Crippen LogP contribution >= 0.6 is 0 Å². The molecule has 0 rings (SSSR count). The van der Waals surface area contributed by atoms with E-state index >= 15 is 0 Å². The van der Waals surface area contributed by atoms with Gasteiger partial charge in [-0.1, -0.05) is 52.4 Å². The first-order valence-corrected chi connectivity index (χ1v) is 7.98. The number of amides is 1. The van der Waals surface area contributed by atoms with Crippen LogP contribution in [0.1, 0.15) is 65.7 Å². The highest BCUT2D eigenvalue weighted by Crippen LogP contribution is 2.18. The molecule has 1 amide bonds. The van der Waals surface area contributed by atoms with Crippen molar-refractivity contribution in [1.29, 1.82) is 0 Å². The van der Waals surface area contributed by atoms with E-state index in [-0.39, 0.29) is 11.9 Å². The van der Waals surface area contributed by atoms with E-state index in [0.717, 1.165) is 18.9 Å². The molecule has 0 radical (unpaired) electrons. The average Bonchev–Trinajstić information content (AvgIpc) is 2.44. The summed E-state index contributed by atoms with van der Waals surface area (Å²) >= 11 is 0. The van der Waals surface area contributed by atoms with Gasteiger partial charge in [-0.2, -0.15) is 0 Å². The molecule has 1 N–H and O–H groups in total. The van der Waals surface area contributed by atoms with Crippen LogP contribution in [0.25, 0.3) is 0 Å². The van der Waals surface area contributed by atoms with Crippen molar-refractivity contribution in [2.45, 2.75) is 71.8 Å². The van der Waals surface area contributed by atoms with Crippen LogP contribution in [0.2, 0.25) is 0 Å². The molecule has 0 fully saturated rings. The van der Waals surface area contributed by atoms with E-state index in [1.807, 2.05) is 25.9 Å². The molecule has 3 nitrogen and oxygen atoms in total. The van der Waals surface area contributed by atoms with Crippen molar-refractivity contribution in [2.24, 2.45) is 5.92 Å². The van der Waals surface area contributed by atoms with Gasteiger partial charge in [-0.3, -0.25) is 4.79 Å². The van der Waals surface area contributed by atoms with Crippen LogP contribution < -0.4 is 5.32 Å². The highest BCUT2D eigenvalue weighted by atomic mass is 16.2. The van der Waals surface area contributed by atoms with Gasteiger partial charge in [0, 0.05) is 13.6 Å². The lowest BCUT2D eigenvalue weighted by Gasteiger charge is -2.23. The summed E-state index contributed by atoms with van der Waals surface area (Å²) < 4.78 is 0. The monoisotopic (exact) mass is 270 g/mol. The standard InChI is InChI=1S/C16H34N2O/c1-6-8-9-10-11-15(7-2)12-13-18(5)16(19)14(3)17-4/h14-15,17H,6-13H2,1-5H3/t14-,15+/m0/s1. The van der Waals surface area contributed by atoms with E-state index in [0.29, 0.717) is 0 Å². The normalized spacial score (nSPS) is 14.2. The fourth-order valence-electron chi connectivity index (χ4n) is 2.35. The van der Waals surface area contributed by atoms with Crippen molar-refractivity contribution < 1.29 is 4.79 Å². The summed E-state index contributed by atoms with van der Waals surface area (Å²) in [7, 11) is 3.75. The molecule has 0 aliphatic rings. The molecule has 0 spiro atoms. The smallest absolute Gasteiger partial charge is 0.239 e. The minimum atomic E-state index is -0.0744. The zero-order chi connectivity index (χ0) is 14.7. The second-order valence-corrected chi connectivity index (χ2v) is 5.68. The molecule has 0 aromatic carbocycles. The van der Waals surface area contributed by atoms with Crippen molar-refractivity contribution in [3.8, 4) is 0 Å². The van der Waals surface area contributed by atoms with E-state index in [2.05, 4.69) is 19.2 Å². The van der Waals surface area contributed by atoms with Crippen LogP contribution in [0.5, 0.6) is 0 Å². The molecule has 0 unspecified atom stereocenters. The highest BCUT2D eigenvalue weighted by Gasteiger charge is 2.16. The van der Waals surface area contributed by atoms with Gasteiger partial charge in [-0.15, -0.1) is 0 Å². The van der Waals surface area contributed by atoms with E-state index in [4.69, 9.17) is 0 Å². The predicted octanol–water partition coefficient (Wildman–Crippen LogP) is 3.44. The topological polar surface area (TPSA) is 32.3 Å². The maximum absolute atomic E-state index is 11.9. The Morgan fingerprint density at radius 3 is 2.37 bits per heavy atom. The molecule has 0 heterocycles. The van der Waals surface area contributed by atoms with E-state index < -0.39 is 0 Å². The molecule has 0 aliphatic heterocycles. The molecule has 0 bridgehead atoms. The summed E-state index contributed by atoms with van der Waals surface area (Å²) in [5, 5.41) is 3.00. The van der Waals surface area contributed by atoms with Crippen LogP contribution in [0, 0.1) is 5.92 Å². The number of rotatable bonds is 11. The molecule has 0 saturated carbocycles. The van der Waals surface area contributed by atoms with Crippen LogP contribution in [-0.4, -0.2) is 37.5 Å². The summed E-state index contributed by atoms with van der Waals surface area (Å²) in [4.78, 5) is 13.8. The summed E-state index contributed by atoms with van der Waals surface area (Å²) in [6, 6.07) is -0.0744. The van der Waals surface area contributed by atoms with E-state index in [9.17, 15) is 4.79 Å². The third kappa shape index (κ3) is 8.25. The van der Waals surface area contributed by atoms with Gasteiger partial charge in [0.1, 0.15) is 0 Å². The fourth-order valence-corrected chi connectivity index (χ4v) is 2.35. The number of unbranched alkanes of at least 4 members (excludes halogenated alkanes) is 3. The summed E-state index contributed by atoms with van der Waals surface area (Å²) in [6.45, 7) is 7.32. The van der Waals surface area contributed by atoms with Gasteiger partial charge in [0.15, 0.2) is 0 Å². The first kappa shape index (κ1) is 18.4. The molecular weight excluding hydrogens is 236 g/mol. The summed E-state index contributed by atoms with van der Waals surface area (Å²) in [5.74, 6) is 0.973. The second-order valence-electron chi connectivity index (χ2n) is 5.68. The zero-order valence-corrected chi connectivity index (χ0v) is 13.7. The summed E-state index contributed by atoms with van der Waals surface area (Å²) in [6.07, 6.45) is 9.05. The van der Waals surface area contributed by atoms with E-state index in [1.165, 1.54) is 38.5 Å². The third-order valence-corrected chi connectivity index (χ3v) is 4.10. The number of likely N-dealkylation sites (N-methyl/N-ethyl adjacent to an activating group) is 2. The van der Waals surface area contributed by atoms with Crippen molar-refractivity contribution in [2.75, 3.05) is 20.6 Å². The minimum Gasteiger partial charge on any atom is -0.344 e. The van der Waals surface area contributed by atoms with Crippen LogP contribution in [0.15, 0.2) is 0 Å². The molecule has 0 aromatic rings. The van der Waals surface area contributed by atoms with Gasteiger partial charge < -0.3 is 10.2 Å². The Kier molecular flexibility index (Phi) is 10.9.